The molecule has 1 aromatic rings. The Morgan fingerprint density at radius 2 is 2.05 bits per heavy atom. The summed E-state index contributed by atoms with van der Waals surface area (Å²) in [5.74, 6) is -0.502. The molecule has 0 saturated carbocycles. The fourth-order valence-corrected chi connectivity index (χ4v) is 1.94. The summed E-state index contributed by atoms with van der Waals surface area (Å²) in [7, 11) is 0. The van der Waals surface area contributed by atoms with Crippen LogP contribution in [0, 0.1) is 0 Å². The molecule has 1 unspecified atom stereocenters. The Bertz CT molecular complexity index is 490. The number of esters is 1. The van der Waals surface area contributed by atoms with Crippen molar-refractivity contribution in [3.05, 3.63) is 34.9 Å². The third-order valence-electron chi connectivity index (χ3n) is 2.53. The topological polar surface area (TPSA) is 64.6 Å². The molecule has 1 amide bonds. The van der Waals surface area contributed by atoms with E-state index in [2.05, 4.69) is 5.32 Å². The van der Waals surface area contributed by atoms with Crippen molar-refractivity contribution in [2.45, 2.75) is 39.3 Å². The van der Waals surface area contributed by atoms with Gasteiger partial charge in [-0.2, -0.15) is 0 Å². The van der Waals surface area contributed by atoms with Gasteiger partial charge in [0.2, 0.25) is 0 Å². The number of alkyl carbamates (subject to hydrolysis) is 1. The van der Waals surface area contributed by atoms with Crippen LogP contribution < -0.4 is 5.32 Å². The van der Waals surface area contributed by atoms with E-state index in [4.69, 9.17) is 21.1 Å². The molecular weight excluding hydrogens is 294 g/mol. The average Bonchev–Trinajstić information content (AvgIpc) is 2.37. The first-order chi connectivity index (χ1) is 9.92. The number of nitrogens with one attached hydrogen (secondary N) is 1. The standard InChI is InChI=1S/C15H20ClNO4/c1-4-20-14(18)13(17-15(19)21-10(2)3)9-11-6-5-7-12(16)8-11/h5-8,10,13H,4,9H2,1-3H3,(H,17,19). The maximum absolute atomic E-state index is 11.9. The van der Waals surface area contributed by atoms with Crippen LogP contribution in [0.2, 0.25) is 5.02 Å². The van der Waals surface area contributed by atoms with E-state index in [0.29, 0.717) is 5.02 Å². The molecule has 5 nitrogen and oxygen atoms in total. The van der Waals surface area contributed by atoms with Crippen molar-refractivity contribution in [3.63, 3.8) is 0 Å². The van der Waals surface area contributed by atoms with Gasteiger partial charge in [-0.05, 0) is 38.5 Å². The van der Waals surface area contributed by atoms with Gasteiger partial charge in [-0.25, -0.2) is 9.59 Å². The zero-order valence-electron chi connectivity index (χ0n) is 12.4. The maximum Gasteiger partial charge on any atom is 0.408 e. The lowest BCUT2D eigenvalue weighted by molar-refractivity contribution is -0.145. The van der Waals surface area contributed by atoms with Gasteiger partial charge in [-0.3, -0.25) is 0 Å². The molecule has 0 bridgehead atoms. The number of hydrogen-bond donors (Lipinski definition) is 1. The predicted molar refractivity (Wildman–Crippen MR) is 80.3 cm³/mol. The zero-order valence-corrected chi connectivity index (χ0v) is 13.1. The number of amides is 1. The molecule has 0 radical (unpaired) electrons. The lowest BCUT2D eigenvalue weighted by Gasteiger charge is -2.18. The van der Waals surface area contributed by atoms with Crippen LogP contribution >= 0.6 is 11.6 Å². The fraction of sp³-hybridized carbons (Fsp3) is 0.467. The van der Waals surface area contributed by atoms with Crippen molar-refractivity contribution in [1.29, 1.82) is 0 Å². The Kier molecular flexibility index (Phi) is 7.02. The quantitative estimate of drug-likeness (QED) is 0.820. The first-order valence-corrected chi connectivity index (χ1v) is 7.18. The van der Waals surface area contributed by atoms with Crippen molar-refractivity contribution in [2.75, 3.05) is 6.61 Å². The smallest absolute Gasteiger partial charge is 0.408 e. The monoisotopic (exact) mass is 313 g/mol. The van der Waals surface area contributed by atoms with E-state index >= 15 is 0 Å². The van der Waals surface area contributed by atoms with E-state index in [1.165, 1.54) is 0 Å². The van der Waals surface area contributed by atoms with Crippen LogP contribution in [0.1, 0.15) is 26.3 Å². The lowest BCUT2D eigenvalue weighted by atomic mass is 10.1. The highest BCUT2D eigenvalue weighted by Gasteiger charge is 2.23. The summed E-state index contributed by atoms with van der Waals surface area (Å²) >= 11 is 5.92. The van der Waals surface area contributed by atoms with E-state index in [-0.39, 0.29) is 19.1 Å². The van der Waals surface area contributed by atoms with Gasteiger partial charge in [0.15, 0.2) is 0 Å². The van der Waals surface area contributed by atoms with Crippen molar-refractivity contribution < 1.29 is 19.1 Å². The minimum Gasteiger partial charge on any atom is -0.464 e. The Hall–Kier alpha value is -1.75. The molecule has 1 rings (SSSR count). The summed E-state index contributed by atoms with van der Waals surface area (Å²) in [4.78, 5) is 23.6. The lowest BCUT2D eigenvalue weighted by Crippen LogP contribution is -2.44. The predicted octanol–water partition coefficient (Wildman–Crippen LogP) is 2.95. The number of hydrogen-bond acceptors (Lipinski definition) is 4. The molecule has 0 aliphatic carbocycles. The average molecular weight is 314 g/mol. The molecule has 0 aliphatic heterocycles. The van der Waals surface area contributed by atoms with Crippen LogP contribution in [0.25, 0.3) is 0 Å². The summed E-state index contributed by atoms with van der Waals surface area (Å²) < 4.78 is 9.96. The third kappa shape index (κ3) is 6.49. The Morgan fingerprint density at radius 1 is 1.33 bits per heavy atom. The molecule has 0 heterocycles. The largest absolute Gasteiger partial charge is 0.464 e. The van der Waals surface area contributed by atoms with Crippen LogP contribution in [0.5, 0.6) is 0 Å². The highest BCUT2D eigenvalue weighted by molar-refractivity contribution is 6.30. The van der Waals surface area contributed by atoms with Gasteiger partial charge < -0.3 is 14.8 Å². The van der Waals surface area contributed by atoms with Crippen LogP contribution in [0.4, 0.5) is 4.79 Å². The number of carbonyl (C=O) groups is 2. The number of benzene rings is 1. The van der Waals surface area contributed by atoms with Gasteiger partial charge in [-0.1, -0.05) is 23.7 Å². The summed E-state index contributed by atoms with van der Waals surface area (Å²) in [6, 6.07) is 6.28. The van der Waals surface area contributed by atoms with E-state index in [1.54, 1.807) is 39.0 Å². The number of carbonyl (C=O) groups excluding carboxylic acids is 2. The van der Waals surface area contributed by atoms with E-state index < -0.39 is 18.1 Å². The maximum atomic E-state index is 11.9. The molecule has 0 spiro atoms. The number of rotatable bonds is 6. The Balaban J connectivity index is 2.77. The van der Waals surface area contributed by atoms with E-state index in [1.807, 2.05) is 6.07 Å². The summed E-state index contributed by atoms with van der Waals surface area (Å²) in [5, 5.41) is 3.09. The van der Waals surface area contributed by atoms with Crippen LogP contribution in [0.3, 0.4) is 0 Å². The van der Waals surface area contributed by atoms with Crippen LogP contribution in [0.15, 0.2) is 24.3 Å². The molecule has 0 aromatic heterocycles. The molecule has 116 valence electrons. The van der Waals surface area contributed by atoms with E-state index in [9.17, 15) is 9.59 Å². The normalized spacial score (nSPS) is 11.9. The van der Waals surface area contributed by atoms with Gasteiger partial charge in [0.25, 0.3) is 0 Å². The molecule has 1 N–H and O–H groups in total. The van der Waals surface area contributed by atoms with E-state index in [0.717, 1.165) is 5.56 Å². The molecular formula is C15H20ClNO4. The highest BCUT2D eigenvalue weighted by Crippen LogP contribution is 2.13. The first kappa shape index (κ1) is 17.3. The van der Waals surface area contributed by atoms with Crippen molar-refractivity contribution in [1.82, 2.24) is 5.32 Å². The Morgan fingerprint density at radius 3 is 2.62 bits per heavy atom. The van der Waals surface area contributed by atoms with Crippen molar-refractivity contribution in [3.8, 4) is 0 Å². The minimum absolute atomic E-state index is 0.242. The minimum atomic E-state index is -0.810. The zero-order chi connectivity index (χ0) is 15.8. The van der Waals surface area contributed by atoms with Gasteiger partial charge in [0, 0.05) is 11.4 Å². The molecule has 6 heteroatoms. The van der Waals surface area contributed by atoms with Crippen molar-refractivity contribution >= 4 is 23.7 Å². The number of ether oxygens (including phenoxy) is 2. The second-order valence-corrected chi connectivity index (χ2v) is 5.17. The van der Waals surface area contributed by atoms with Gasteiger partial charge >= 0.3 is 12.1 Å². The molecule has 0 aliphatic rings. The molecule has 1 atom stereocenters. The second-order valence-electron chi connectivity index (χ2n) is 4.74. The SMILES string of the molecule is CCOC(=O)C(Cc1cccc(Cl)c1)NC(=O)OC(C)C. The highest BCUT2D eigenvalue weighted by atomic mass is 35.5. The summed E-state index contributed by atoms with van der Waals surface area (Å²) in [6.07, 6.45) is -0.629. The molecule has 0 fully saturated rings. The third-order valence-corrected chi connectivity index (χ3v) is 2.77. The molecule has 21 heavy (non-hydrogen) atoms. The second kappa shape index (κ2) is 8.52. The van der Waals surface area contributed by atoms with Crippen LogP contribution in [-0.2, 0) is 20.7 Å². The van der Waals surface area contributed by atoms with Gasteiger partial charge in [0.05, 0.1) is 12.7 Å². The van der Waals surface area contributed by atoms with Crippen LogP contribution in [-0.4, -0.2) is 30.8 Å². The fourth-order valence-electron chi connectivity index (χ4n) is 1.73. The van der Waals surface area contributed by atoms with Crippen molar-refractivity contribution in [2.24, 2.45) is 0 Å². The molecule has 0 saturated heterocycles. The van der Waals surface area contributed by atoms with Gasteiger partial charge in [0.1, 0.15) is 6.04 Å². The Labute approximate surface area is 129 Å². The molecule has 1 aromatic carbocycles. The summed E-state index contributed by atoms with van der Waals surface area (Å²) in [6.45, 7) is 5.42. The number of halogens is 1. The first-order valence-electron chi connectivity index (χ1n) is 6.80. The van der Waals surface area contributed by atoms with Gasteiger partial charge in [-0.15, -0.1) is 0 Å². The summed E-state index contributed by atoms with van der Waals surface area (Å²) in [5.41, 5.74) is 0.824.